The SMILES string of the molecule is Cc1c(Cl)cccc1Nc1ncncc1C(=O)O. The fourth-order valence-corrected chi connectivity index (χ4v) is 1.63. The summed E-state index contributed by atoms with van der Waals surface area (Å²) in [5.41, 5.74) is 1.55. The van der Waals surface area contributed by atoms with Crippen molar-refractivity contribution in [1.29, 1.82) is 0 Å². The van der Waals surface area contributed by atoms with Crippen LogP contribution in [0.3, 0.4) is 0 Å². The minimum atomic E-state index is -1.09. The fourth-order valence-electron chi connectivity index (χ4n) is 1.46. The van der Waals surface area contributed by atoms with Crippen molar-refractivity contribution in [3.63, 3.8) is 0 Å². The third kappa shape index (κ3) is 2.41. The zero-order valence-electron chi connectivity index (χ0n) is 9.51. The molecule has 6 heteroatoms. The summed E-state index contributed by atoms with van der Waals surface area (Å²) < 4.78 is 0. The zero-order valence-corrected chi connectivity index (χ0v) is 10.3. The lowest BCUT2D eigenvalue weighted by Gasteiger charge is -2.11. The Labute approximate surface area is 108 Å². The Balaban J connectivity index is 2.40. The molecule has 2 N–H and O–H groups in total. The van der Waals surface area contributed by atoms with Gasteiger partial charge in [0.05, 0.1) is 0 Å². The van der Waals surface area contributed by atoms with Gasteiger partial charge in [0.1, 0.15) is 17.7 Å². The maximum Gasteiger partial charge on any atom is 0.341 e. The van der Waals surface area contributed by atoms with Crippen LogP contribution in [0.5, 0.6) is 0 Å². The van der Waals surface area contributed by atoms with Crippen molar-refractivity contribution in [3.8, 4) is 0 Å². The largest absolute Gasteiger partial charge is 0.477 e. The molecule has 0 bridgehead atoms. The van der Waals surface area contributed by atoms with Crippen LogP contribution in [0.4, 0.5) is 11.5 Å². The first-order chi connectivity index (χ1) is 8.59. The number of carbonyl (C=O) groups is 1. The Bertz CT molecular complexity index is 602. The molecule has 0 unspecified atom stereocenters. The van der Waals surface area contributed by atoms with Gasteiger partial charge in [-0.3, -0.25) is 0 Å². The Morgan fingerprint density at radius 1 is 1.44 bits per heavy atom. The van der Waals surface area contributed by atoms with Crippen LogP contribution in [0.1, 0.15) is 15.9 Å². The van der Waals surface area contributed by atoms with E-state index in [0.717, 1.165) is 5.56 Å². The van der Waals surface area contributed by atoms with Crippen molar-refractivity contribution in [2.24, 2.45) is 0 Å². The summed E-state index contributed by atoms with van der Waals surface area (Å²) in [6.07, 6.45) is 2.53. The number of aromatic carboxylic acids is 1. The van der Waals surface area contributed by atoms with E-state index in [1.165, 1.54) is 12.5 Å². The number of carboxylic acids is 1. The summed E-state index contributed by atoms with van der Waals surface area (Å²) in [5, 5.41) is 12.6. The lowest BCUT2D eigenvalue weighted by molar-refractivity contribution is 0.0697. The molecule has 0 atom stereocenters. The molecule has 1 aromatic carbocycles. The number of nitrogens with zero attached hydrogens (tertiary/aromatic N) is 2. The van der Waals surface area contributed by atoms with Gasteiger partial charge in [-0.05, 0) is 24.6 Å². The molecule has 0 aliphatic rings. The van der Waals surface area contributed by atoms with E-state index in [0.29, 0.717) is 10.7 Å². The van der Waals surface area contributed by atoms with Crippen molar-refractivity contribution in [2.75, 3.05) is 5.32 Å². The molecule has 0 amide bonds. The van der Waals surface area contributed by atoms with Crippen LogP contribution in [0.2, 0.25) is 5.02 Å². The highest BCUT2D eigenvalue weighted by atomic mass is 35.5. The topological polar surface area (TPSA) is 75.1 Å². The van der Waals surface area contributed by atoms with E-state index in [4.69, 9.17) is 16.7 Å². The second-order valence-corrected chi connectivity index (χ2v) is 4.03. The fraction of sp³-hybridized carbons (Fsp3) is 0.0833. The Morgan fingerprint density at radius 3 is 2.94 bits per heavy atom. The van der Waals surface area contributed by atoms with Crippen molar-refractivity contribution >= 4 is 29.1 Å². The molecule has 92 valence electrons. The number of anilines is 2. The molecule has 2 rings (SSSR count). The molecular weight excluding hydrogens is 254 g/mol. The second kappa shape index (κ2) is 5.01. The number of nitrogens with one attached hydrogen (secondary N) is 1. The van der Waals surface area contributed by atoms with E-state index < -0.39 is 5.97 Å². The van der Waals surface area contributed by atoms with Crippen LogP contribution in [-0.4, -0.2) is 21.0 Å². The molecule has 2 aromatic rings. The number of benzene rings is 1. The standard InChI is InChI=1S/C12H10ClN3O2/c1-7-9(13)3-2-4-10(7)16-11-8(12(17)18)5-14-6-15-11/h2-6H,1H3,(H,17,18)(H,14,15,16). The summed E-state index contributed by atoms with van der Waals surface area (Å²) in [4.78, 5) is 18.6. The molecule has 0 saturated carbocycles. The van der Waals surface area contributed by atoms with Crippen LogP contribution in [0, 0.1) is 6.92 Å². The van der Waals surface area contributed by atoms with Gasteiger partial charge in [-0.15, -0.1) is 0 Å². The normalized spacial score (nSPS) is 10.1. The maximum absolute atomic E-state index is 11.0. The molecule has 0 aliphatic heterocycles. The number of carboxylic acid groups (broad SMARTS) is 1. The van der Waals surface area contributed by atoms with Crippen molar-refractivity contribution in [3.05, 3.63) is 46.9 Å². The van der Waals surface area contributed by atoms with Crippen LogP contribution in [0.25, 0.3) is 0 Å². The van der Waals surface area contributed by atoms with E-state index in [1.807, 2.05) is 6.92 Å². The van der Waals surface area contributed by atoms with E-state index in [9.17, 15) is 4.79 Å². The van der Waals surface area contributed by atoms with Crippen LogP contribution >= 0.6 is 11.6 Å². The molecule has 1 heterocycles. The first-order valence-electron chi connectivity index (χ1n) is 5.15. The number of hydrogen-bond donors (Lipinski definition) is 2. The number of rotatable bonds is 3. The molecule has 0 radical (unpaired) electrons. The van der Waals surface area contributed by atoms with Gasteiger partial charge in [0, 0.05) is 16.9 Å². The summed E-state index contributed by atoms with van der Waals surface area (Å²) in [6.45, 7) is 1.84. The van der Waals surface area contributed by atoms with Crippen LogP contribution in [-0.2, 0) is 0 Å². The molecule has 5 nitrogen and oxygen atoms in total. The lowest BCUT2D eigenvalue weighted by Crippen LogP contribution is -2.06. The molecule has 0 spiro atoms. The minimum Gasteiger partial charge on any atom is -0.477 e. The van der Waals surface area contributed by atoms with Gasteiger partial charge in [-0.25, -0.2) is 14.8 Å². The highest BCUT2D eigenvalue weighted by Crippen LogP contribution is 2.26. The minimum absolute atomic E-state index is 0.0110. The predicted octanol–water partition coefficient (Wildman–Crippen LogP) is 2.88. The first kappa shape index (κ1) is 12.3. The van der Waals surface area contributed by atoms with E-state index in [2.05, 4.69) is 15.3 Å². The van der Waals surface area contributed by atoms with Crippen LogP contribution < -0.4 is 5.32 Å². The van der Waals surface area contributed by atoms with Gasteiger partial charge < -0.3 is 10.4 Å². The Hall–Kier alpha value is -2.14. The average Bonchev–Trinajstić information content (AvgIpc) is 2.35. The van der Waals surface area contributed by atoms with Gasteiger partial charge in [-0.2, -0.15) is 0 Å². The Morgan fingerprint density at radius 2 is 2.22 bits per heavy atom. The van der Waals surface area contributed by atoms with E-state index in [1.54, 1.807) is 18.2 Å². The Kier molecular flexibility index (Phi) is 3.43. The third-order valence-electron chi connectivity index (χ3n) is 2.46. The maximum atomic E-state index is 11.0. The summed E-state index contributed by atoms with van der Waals surface area (Å²) in [6, 6.07) is 5.34. The molecule has 0 aliphatic carbocycles. The average molecular weight is 264 g/mol. The molecule has 1 aromatic heterocycles. The van der Waals surface area contributed by atoms with Crippen molar-refractivity contribution in [2.45, 2.75) is 6.92 Å². The van der Waals surface area contributed by atoms with Gasteiger partial charge in [0.15, 0.2) is 0 Å². The quantitative estimate of drug-likeness (QED) is 0.891. The number of halogens is 1. The molecular formula is C12H10ClN3O2. The van der Waals surface area contributed by atoms with Crippen molar-refractivity contribution in [1.82, 2.24) is 9.97 Å². The van der Waals surface area contributed by atoms with Gasteiger partial charge in [0.25, 0.3) is 0 Å². The lowest BCUT2D eigenvalue weighted by atomic mass is 10.2. The van der Waals surface area contributed by atoms with Crippen molar-refractivity contribution < 1.29 is 9.90 Å². The van der Waals surface area contributed by atoms with E-state index in [-0.39, 0.29) is 11.4 Å². The van der Waals surface area contributed by atoms with Crippen LogP contribution in [0.15, 0.2) is 30.7 Å². The zero-order chi connectivity index (χ0) is 13.1. The summed E-state index contributed by atoms with van der Waals surface area (Å²) in [7, 11) is 0. The third-order valence-corrected chi connectivity index (χ3v) is 2.87. The highest BCUT2D eigenvalue weighted by molar-refractivity contribution is 6.31. The molecule has 0 saturated heterocycles. The van der Waals surface area contributed by atoms with Gasteiger partial charge in [0.2, 0.25) is 0 Å². The highest BCUT2D eigenvalue weighted by Gasteiger charge is 2.12. The van der Waals surface area contributed by atoms with Gasteiger partial charge in [-0.1, -0.05) is 17.7 Å². The summed E-state index contributed by atoms with van der Waals surface area (Å²) in [5.74, 6) is -0.847. The van der Waals surface area contributed by atoms with E-state index >= 15 is 0 Å². The second-order valence-electron chi connectivity index (χ2n) is 3.63. The monoisotopic (exact) mass is 263 g/mol. The smallest absolute Gasteiger partial charge is 0.341 e. The molecule has 18 heavy (non-hydrogen) atoms. The van der Waals surface area contributed by atoms with Gasteiger partial charge >= 0.3 is 5.97 Å². The number of hydrogen-bond acceptors (Lipinski definition) is 4. The first-order valence-corrected chi connectivity index (χ1v) is 5.53. The number of aromatic nitrogens is 2. The summed E-state index contributed by atoms with van der Waals surface area (Å²) >= 11 is 5.99. The molecule has 0 fully saturated rings. The predicted molar refractivity (Wildman–Crippen MR) is 68.5 cm³/mol.